The summed E-state index contributed by atoms with van der Waals surface area (Å²) in [7, 11) is 1.65. The average molecular weight is 389 g/mol. The number of carboxylic acids is 1. The van der Waals surface area contributed by atoms with Crippen LogP contribution in [0.3, 0.4) is 0 Å². The number of hydrogen-bond donors (Lipinski definition) is 2. The van der Waals surface area contributed by atoms with Crippen LogP contribution < -0.4 is 5.32 Å². The first-order valence-electron chi connectivity index (χ1n) is 9.70. The van der Waals surface area contributed by atoms with Crippen LogP contribution in [-0.4, -0.2) is 34.1 Å². The minimum absolute atomic E-state index is 0.128. The second kappa shape index (κ2) is 8.53. The summed E-state index contributed by atoms with van der Waals surface area (Å²) >= 11 is 0. The van der Waals surface area contributed by atoms with Crippen LogP contribution in [0.25, 0.3) is 22.5 Å². The molecule has 1 atom stereocenters. The lowest BCUT2D eigenvalue weighted by atomic mass is 9.86. The SMILES string of the molecule is CNC(Cc1ccc(-c2ncc(-c3ccc(C(C)(C)C)cc3)cn2)cc1)C(=O)O. The lowest BCUT2D eigenvalue weighted by Crippen LogP contribution is -2.35. The molecule has 0 amide bonds. The molecule has 0 bridgehead atoms. The summed E-state index contributed by atoms with van der Waals surface area (Å²) in [6.07, 6.45) is 4.10. The summed E-state index contributed by atoms with van der Waals surface area (Å²) in [6, 6.07) is 15.6. The van der Waals surface area contributed by atoms with E-state index < -0.39 is 12.0 Å². The van der Waals surface area contributed by atoms with Crippen LogP contribution >= 0.6 is 0 Å². The molecule has 0 fully saturated rings. The lowest BCUT2D eigenvalue weighted by molar-refractivity contribution is -0.139. The molecule has 3 aromatic rings. The highest BCUT2D eigenvalue weighted by atomic mass is 16.4. The Balaban J connectivity index is 1.74. The van der Waals surface area contributed by atoms with Crippen molar-refractivity contribution >= 4 is 5.97 Å². The number of carboxylic acid groups (broad SMARTS) is 1. The first-order valence-corrected chi connectivity index (χ1v) is 9.70. The van der Waals surface area contributed by atoms with Crippen LogP contribution in [0.2, 0.25) is 0 Å². The summed E-state index contributed by atoms with van der Waals surface area (Å²) in [6.45, 7) is 6.60. The van der Waals surface area contributed by atoms with Crippen molar-refractivity contribution in [2.24, 2.45) is 0 Å². The summed E-state index contributed by atoms with van der Waals surface area (Å²) in [4.78, 5) is 20.2. The molecule has 0 aliphatic carbocycles. The zero-order valence-electron chi connectivity index (χ0n) is 17.3. The maximum absolute atomic E-state index is 11.2. The summed E-state index contributed by atoms with van der Waals surface area (Å²) in [5, 5.41) is 12.0. The first kappa shape index (κ1) is 20.7. The van der Waals surface area contributed by atoms with Gasteiger partial charge in [-0.05, 0) is 35.6 Å². The number of aliphatic carboxylic acids is 1. The van der Waals surface area contributed by atoms with Gasteiger partial charge in [0.2, 0.25) is 0 Å². The van der Waals surface area contributed by atoms with Crippen LogP contribution in [0.4, 0.5) is 0 Å². The molecule has 2 N–H and O–H groups in total. The smallest absolute Gasteiger partial charge is 0.321 e. The van der Waals surface area contributed by atoms with Crippen LogP contribution in [0.1, 0.15) is 31.9 Å². The zero-order chi connectivity index (χ0) is 21.0. The van der Waals surface area contributed by atoms with E-state index >= 15 is 0 Å². The van der Waals surface area contributed by atoms with Crippen LogP contribution in [-0.2, 0) is 16.6 Å². The third-order valence-corrected chi connectivity index (χ3v) is 5.03. The summed E-state index contributed by atoms with van der Waals surface area (Å²) in [5.41, 5.74) is 5.34. The molecule has 0 saturated carbocycles. The molecular weight excluding hydrogens is 362 g/mol. The van der Waals surface area contributed by atoms with Gasteiger partial charge in [0.05, 0.1) is 0 Å². The molecular formula is C24H27N3O2. The van der Waals surface area contributed by atoms with Crippen molar-refractivity contribution in [3.63, 3.8) is 0 Å². The second-order valence-corrected chi connectivity index (χ2v) is 8.20. The lowest BCUT2D eigenvalue weighted by Gasteiger charge is -2.19. The number of likely N-dealkylation sites (N-methyl/N-ethyl adjacent to an activating group) is 1. The zero-order valence-corrected chi connectivity index (χ0v) is 17.3. The maximum atomic E-state index is 11.2. The third kappa shape index (κ3) is 5.06. The molecule has 1 heterocycles. The Hall–Kier alpha value is -3.05. The van der Waals surface area contributed by atoms with Gasteiger partial charge in [-0.3, -0.25) is 4.79 Å². The van der Waals surface area contributed by atoms with Crippen LogP contribution in [0, 0.1) is 0 Å². The van der Waals surface area contributed by atoms with Crippen molar-refractivity contribution in [3.8, 4) is 22.5 Å². The van der Waals surface area contributed by atoms with E-state index in [2.05, 4.69) is 60.3 Å². The van der Waals surface area contributed by atoms with Crippen molar-refractivity contribution in [3.05, 3.63) is 72.1 Å². The fraction of sp³-hybridized carbons (Fsp3) is 0.292. The molecule has 150 valence electrons. The van der Waals surface area contributed by atoms with Crippen molar-refractivity contribution in [1.29, 1.82) is 0 Å². The van der Waals surface area contributed by atoms with Gasteiger partial charge in [0.15, 0.2) is 5.82 Å². The predicted molar refractivity (Wildman–Crippen MR) is 116 cm³/mol. The summed E-state index contributed by atoms with van der Waals surface area (Å²) in [5.74, 6) is -0.207. The predicted octanol–water partition coefficient (Wildman–Crippen LogP) is 4.32. The number of nitrogens with one attached hydrogen (secondary N) is 1. The highest BCUT2D eigenvalue weighted by Crippen LogP contribution is 2.26. The van der Waals surface area contributed by atoms with Gasteiger partial charge in [-0.2, -0.15) is 0 Å². The molecule has 0 radical (unpaired) electrons. The molecule has 0 aliphatic rings. The van der Waals surface area contributed by atoms with Gasteiger partial charge < -0.3 is 10.4 Å². The minimum Gasteiger partial charge on any atom is -0.480 e. The molecule has 0 aliphatic heterocycles. The number of hydrogen-bond acceptors (Lipinski definition) is 4. The fourth-order valence-electron chi connectivity index (χ4n) is 3.13. The molecule has 1 unspecified atom stereocenters. The van der Waals surface area contributed by atoms with E-state index in [9.17, 15) is 4.79 Å². The number of nitrogens with zero attached hydrogens (tertiary/aromatic N) is 2. The van der Waals surface area contributed by atoms with Crippen molar-refractivity contribution in [2.45, 2.75) is 38.6 Å². The van der Waals surface area contributed by atoms with Gasteiger partial charge in [0.1, 0.15) is 6.04 Å². The van der Waals surface area contributed by atoms with E-state index in [1.54, 1.807) is 7.05 Å². The Kier molecular flexibility index (Phi) is 6.09. The Labute approximate surface area is 171 Å². The van der Waals surface area contributed by atoms with E-state index in [0.717, 1.165) is 22.3 Å². The highest BCUT2D eigenvalue weighted by Gasteiger charge is 2.15. The molecule has 0 saturated heterocycles. The molecule has 1 aromatic heterocycles. The van der Waals surface area contributed by atoms with E-state index in [1.165, 1.54) is 5.56 Å². The van der Waals surface area contributed by atoms with Gasteiger partial charge in [0.25, 0.3) is 0 Å². The van der Waals surface area contributed by atoms with Gasteiger partial charge in [0, 0.05) is 23.5 Å². The largest absolute Gasteiger partial charge is 0.480 e. The fourth-order valence-corrected chi connectivity index (χ4v) is 3.13. The van der Waals surface area contributed by atoms with E-state index in [4.69, 9.17) is 5.11 Å². The standard InChI is InChI=1S/C24H27N3O2/c1-24(2,3)20-11-9-17(10-12-20)19-14-26-22(27-15-19)18-7-5-16(6-8-18)13-21(25-4)23(28)29/h5-12,14-15,21,25H,13H2,1-4H3,(H,28,29). The van der Waals surface area contributed by atoms with E-state index in [-0.39, 0.29) is 5.41 Å². The second-order valence-electron chi connectivity index (χ2n) is 8.20. The Bertz CT molecular complexity index is 957. The van der Waals surface area contributed by atoms with Gasteiger partial charge >= 0.3 is 5.97 Å². The van der Waals surface area contributed by atoms with E-state index in [1.807, 2.05) is 36.7 Å². The van der Waals surface area contributed by atoms with Crippen molar-refractivity contribution < 1.29 is 9.90 Å². The topological polar surface area (TPSA) is 75.1 Å². The number of aromatic nitrogens is 2. The normalized spacial score (nSPS) is 12.6. The van der Waals surface area contributed by atoms with Crippen LogP contribution in [0.5, 0.6) is 0 Å². The average Bonchev–Trinajstić information content (AvgIpc) is 2.72. The number of benzene rings is 2. The molecule has 29 heavy (non-hydrogen) atoms. The van der Waals surface area contributed by atoms with Gasteiger partial charge in [-0.15, -0.1) is 0 Å². The molecule has 3 rings (SSSR count). The van der Waals surface area contributed by atoms with Crippen molar-refractivity contribution in [2.75, 3.05) is 7.05 Å². The van der Waals surface area contributed by atoms with Crippen molar-refractivity contribution in [1.82, 2.24) is 15.3 Å². The monoisotopic (exact) mass is 389 g/mol. The Morgan fingerprint density at radius 3 is 1.97 bits per heavy atom. The Morgan fingerprint density at radius 2 is 1.48 bits per heavy atom. The highest BCUT2D eigenvalue weighted by molar-refractivity contribution is 5.74. The third-order valence-electron chi connectivity index (χ3n) is 5.03. The molecule has 5 heteroatoms. The van der Waals surface area contributed by atoms with Gasteiger partial charge in [-0.1, -0.05) is 69.3 Å². The maximum Gasteiger partial charge on any atom is 0.321 e. The van der Waals surface area contributed by atoms with E-state index in [0.29, 0.717) is 12.2 Å². The molecule has 0 spiro atoms. The Morgan fingerprint density at radius 1 is 0.931 bits per heavy atom. The molecule has 2 aromatic carbocycles. The number of carbonyl (C=O) groups is 1. The first-order chi connectivity index (χ1) is 13.8. The molecule has 5 nitrogen and oxygen atoms in total. The van der Waals surface area contributed by atoms with Crippen LogP contribution in [0.15, 0.2) is 60.9 Å². The summed E-state index contributed by atoms with van der Waals surface area (Å²) < 4.78 is 0. The van der Waals surface area contributed by atoms with Gasteiger partial charge in [-0.25, -0.2) is 9.97 Å². The quantitative estimate of drug-likeness (QED) is 0.657. The minimum atomic E-state index is -0.856. The number of rotatable bonds is 6.